The number of hydrogen-bond acceptors (Lipinski definition) is 5. The highest BCUT2D eigenvalue weighted by Crippen LogP contribution is 2.18. The van der Waals surface area contributed by atoms with Crippen molar-refractivity contribution in [3.8, 4) is 0 Å². The SMILES string of the molecule is Nc1cccnc1CC(=O)CC1CCC(=O)NC1=O. The summed E-state index contributed by atoms with van der Waals surface area (Å²) in [7, 11) is 0. The molecule has 2 rings (SSSR count). The second kappa shape index (κ2) is 5.60. The van der Waals surface area contributed by atoms with E-state index in [9.17, 15) is 14.4 Å². The van der Waals surface area contributed by atoms with Crippen molar-refractivity contribution >= 4 is 23.3 Å². The van der Waals surface area contributed by atoms with Crippen LogP contribution in [-0.4, -0.2) is 22.6 Å². The van der Waals surface area contributed by atoms with Gasteiger partial charge in [0.15, 0.2) is 0 Å². The fraction of sp³-hybridized carbons (Fsp3) is 0.385. The minimum Gasteiger partial charge on any atom is -0.397 e. The lowest BCUT2D eigenvalue weighted by atomic mass is 9.91. The van der Waals surface area contributed by atoms with Crippen molar-refractivity contribution in [2.24, 2.45) is 5.92 Å². The molecule has 0 spiro atoms. The number of pyridine rings is 1. The maximum absolute atomic E-state index is 11.9. The van der Waals surface area contributed by atoms with Crippen molar-refractivity contribution < 1.29 is 14.4 Å². The summed E-state index contributed by atoms with van der Waals surface area (Å²) in [4.78, 5) is 38.5. The zero-order valence-corrected chi connectivity index (χ0v) is 10.4. The molecule has 1 atom stereocenters. The van der Waals surface area contributed by atoms with Gasteiger partial charge >= 0.3 is 0 Å². The Morgan fingerprint density at radius 1 is 1.47 bits per heavy atom. The van der Waals surface area contributed by atoms with Gasteiger partial charge in [0.2, 0.25) is 11.8 Å². The number of nitrogens with zero attached hydrogens (tertiary/aromatic N) is 1. The molecule has 1 aromatic heterocycles. The van der Waals surface area contributed by atoms with Gasteiger partial charge in [0.05, 0.1) is 17.8 Å². The average molecular weight is 261 g/mol. The number of nitrogen functional groups attached to an aromatic ring is 1. The highest BCUT2D eigenvalue weighted by molar-refractivity contribution is 6.00. The van der Waals surface area contributed by atoms with Crippen molar-refractivity contribution in [3.63, 3.8) is 0 Å². The van der Waals surface area contributed by atoms with Gasteiger partial charge in [0.25, 0.3) is 0 Å². The van der Waals surface area contributed by atoms with Crippen molar-refractivity contribution in [3.05, 3.63) is 24.0 Å². The van der Waals surface area contributed by atoms with Crippen molar-refractivity contribution in [2.75, 3.05) is 5.73 Å². The Balaban J connectivity index is 1.93. The number of anilines is 1. The highest BCUT2D eigenvalue weighted by Gasteiger charge is 2.28. The molecular weight excluding hydrogens is 246 g/mol. The molecule has 0 bridgehead atoms. The van der Waals surface area contributed by atoms with Gasteiger partial charge in [-0.3, -0.25) is 24.7 Å². The number of nitrogens with two attached hydrogens (primary N) is 1. The number of nitrogens with one attached hydrogen (secondary N) is 1. The van der Waals surface area contributed by atoms with Gasteiger partial charge in [-0.2, -0.15) is 0 Å². The van der Waals surface area contributed by atoms with Crippen molar-refractivity contribution in [1.29, 1.82) is 0 Å². The molecular formula is C13H15N3O3. The molecule has 0 aliphatic carbocycles. The standard InChI is InChI=1S/C13H15N3O3/c14-10-2-1-5-15-11(10)7-9(17)6-8-3-4-12(18)16-13(8)19/h1-2,5,8H,3-4,6-7,14H2,(H,16,18,19). The van der Waals surface area contributed by atoms with E-state index in [1.54, 1.807) is 18.3 Å². The van der Waals surface area contributed by atoms with Crippen LogP contribution in [-0.2, 0) is 20.8 Å². The predicted octanol–water partition coefficient (Wildman–Crippen LogP) is 0.218. The Morgan fingerprint density at radius 3 is 2.95 bits per heavy atom. The summed E-state index contributed by atoms with van der Waals surface area (Å²) in [5.74, 6) is -1.16. The van der Waals surface area contributed by atoms with E-state index in [-0.39, 0.29) is 36.9 Å². The third-order valence-corrected chi connectivity index (χ3v) is 3.12. The number of aromatic nitrogens is 1. The second-order valence-electron chi connectivity index (χ2n) is 4.61. The van der Waals surface area contributed by atoms with Gasteiger partial charge in [-0.15, -0.1) is 0 Å². The molecule has 0 aromatic carbocycles. The summed E-state index contributed by atoms with van der Waals surface area (Å²) in [5.41, 5.74) is 6.71. The van der Waals surface area contributed by atoms with Crippen LogP contribution >= 0.6 is 0 Å². The van der Waals surface area contributed by atoms with Gasteiger partial charge in [0, 0.05) is 25.0 Å². The molecule has 19 heavy (non-hydrogen) atoms. The Morgan fingerprint density at radius 2 is 2.26 bits per heavy atom. The summed E-state index contributed by atoms with van der Waals surface area (Å²) in [6, 6.07) is 3.38. The number of carbonyl (C=O) groups is 3. The minimum atomic E-state index is -0.421. The zero-order valence-electron chi connectivity index (χ0n) is 10.4. The predicted molar refractivity (Wildman–Crippen MR) is 67.9 cm³/mol. The molecule has 1 saturated heterocycles. The number of carbonyl (C=O) groups excluding carboxylic acids is 3. The Labute approximate surface area is 110 Å². The smallest absolute Gasteiger partial charge is 0.230 e. The van der Waals surface area contributed by atoms with E-state index in [1.165, 1.54) is 0 Å². The fourth-order valence-electron chi connectivity index (χ4n) is 2.07. The van der Waals surface area contributed by atoms with E-state index in [4.69, 9.17) is 5.73 Å². The molecule has 1 aromatic rings. The molecule has 0 radical (unpaired) electrons. The number of Topliss-reactive ketones (excluding diaryl/α,β-unsaturated/α-hetero) is 1. The molecule has 1 fully saturated rings. The summed E-state index contributed by atoms with van der Waals surface area (Å²) < 4.78 is 0. The summed E-state index contributed by atoms with van der Waals surface area (Å²) in [6.45, 7) is 0. The van der Waals surface area contributed by atoms with Gasteiger partial charge in [-0.25, -0.2) is 0 Å². The Bertz CT molecular complexity index is 528. The van der Waals surface area contributed by atoms with Crippen LogP contribution in [0.5, 0.6) is 0 Å². The topological polar surface area (TPSA) is 102 Å². The van der Waals surface area contributed by atoms with E-state index in [0.29, 0.717) is 17.8 Å². The van der Waals surface area contributed by atoms with Gasteiger partial charge < -0.3 is 5.73 Å². The van der Waals surface area contributed by atoms with E-state index < -0.39 is 5.92 Å². The highest BCUT2D eigenvalue weighted by atomic mass is 16.2. The van der Waals surface area contributed by atoms with Crippen LogP contribution in [0.25, 0.3) is 0 Å². The van der Waals surface area contributed by atoms with Crippen LogP contribution in [0.3, 0.4) is 0 Å². The van der Waals surface area contributed by atoms with E-state index in [1.807, 2.05) is 0 Å². The van der Waals surface area contributed by atoms with Gasteiger partial charge in [-0.1, -0.05) is 0 Å². The van der Waals surface area contributed by atoms with Crippen LogP contribution in [0.15, 0.2) is 18.3 Å². The third kappa shape index (κ3) is 3.37. The number of rotatable bonds is 4. The molecule has 2 heterocycles. The van der Waals surface area contributed by atoms with Crippen LogP contribution in [0, 0.1) is 5.92 Å². The third-order valence-electron chi connectivity index (χ3n) is 3.12. The number of imide groups is 1. The quantitative estimate of drug-likeness (QED) is 0.755. The Hall–Kier alpha value is -2.24. The van der Waals surface area contributed by atoms with Crippen LogP contribution in [0.1, 0.15) is 25.0 Å². The number of ketones is 1. The number of piperidine rings is 1. The second-order valence-corrected chi connectivity index (χ2v) is 4.61. The maximum Gasteiger partial charge on any atom is 0.230 e. The molecule has 2 amide bonds. The fourth-order valence-corrected chi connectivity index (χ4v) is 2.07. The minimum absolute atomic E-state index is 0.0973. The van der Waals surface area contributed by atoms with Gasteiger partial charge in [0.1, 0.15) is 5.78 Å². The average Bonchev–Trinajstić information content (AvgIpc) is 2.36. The Kier molecular flexibility index (Phi) is 3.89. The molecule has 6 nitrogen and oxygen atoms in total. The molecule has 6 heteroatoms. The summed E-state index contributed by atoms with van der Waals surface area (Å²) in [5, 5.41) is 2.24. The number of amides is 2. The largest absolute Gasteiger partial charge is 0.397 e. The summed E-state index contributed by atoms with van der Waals surface area (Å²) in [6.07, 6.45) is 2.52. The lowest BCUT2D eigenvalue weighted by Crippen LogP contribution is -2.41. The first-order valence-electron chi connectivity index (χ1n) is 6.11. The van der Waals surface area contributed by atoms with Gasteiger partial charge in [-0.05, 0) is 18.6 Å². The normalized spacial score (nSPS) is 19.1. The molecule has 1 aliphatic rings. The molecule has 0 saturated carbocycles. The monoisotopic (exact) mass is 261 g/mol. The first-order valence-corrected chi connectivity index (χ1v) is 6.11. The van der Waals surface area contributed by atoms with Crippen LogP contribution < -0.4 is 11.1 Å². The van der Waals surface area contributed by atoms with E-state index in [0.717, 1.165) is 0 Å². The number of hydrogen-bond donors (Lipinski definition) is 2. The van der Waals surface area contributed by atoms with Crippen molar-refractivity contribution in [1.82, 2.24) is 10.3 Å². The molecule has 1 unspecified atom stereocenters. The van der Waals surface area contributed by atoms with Crippen LogP contribution in [0.2, 0.25) is 0 Å². The zero-order chi connectivity index (χ0) is 13.8. The lowest BCUT2D eigenvalue weighted by Gasteiger charge is -2.19. The van der Waals surface area contributed by atoms with Crippen LogP contribution in [0.4, 0.5) is 5.69 Å². The summed E-state index contributed by atoms with van der Waals surface area (Å²) >= 11 is 0. The van der Waals surface area contributed by atoms with E-state index in [2.05, 4.69) is 10.3 Å². The first kappa shape index (κ1) is 13.2. The maximum atomic E-state index is 11.9. The lowest BCUT2D eigenvalue weighted by molar-refractivity contribution is -0.138. The molecule has 1 aliphatic heterocycles. The van der Waals surface area contributed by atoms with Crippen molar-refractivity contribution in [2.45, 2.75) is 25.7 Å². The molecule has 100 valence electrons. The molecule has 3 N–H and O–H groups in total. The first-order chi connectivity index (χ1) is 9.06. The van der Waals surface area contributed by atoms with E-state index >= 15 is 0 Å².